The molecule has 1 aromatic rings. The number of methoxy groups -OCH3 is 1. The summed E-state index contributed by atoms with van der Waals surface area (Å²) in [7, 11) is -1.98. The summed E-state index contributed by atoms with van der Waals surface area (Å²) in [6, 6.07) is 6.14. The van der Waals surface area contributed by atoms with Gasteiger partial charge in [0, 0.05) is 26.2 Å². The van der Waals surface area contributed by atoms with E-state index in [4.69, 9.17) is 15.2 Å². The van der Waals surface area contributed by atoms with Crippen LogP contribution in [0.3, 0.4) is 0 Å². The number of rotatable bonds is 9. The third kappa shape index (κ3) is 4.67. The summed E-state index contributed by atoms with van der Waals surface area (Å²) in [5.74, 6) is 0.604. The first-order valence-electron chi connectivity index (χ1n) is 6.91. The van der Waals surface area contributed by atoms with E-state index in [2.05, 4.69) is 0 Å². The average molecular weight is 316 g/mol. The van der Waals surface area contributed by atoms with Crippen molar-refractivity contribution >= 4 is 10.0 Å². The van der Waals surface area contributed by atoms with Crippen LogP contribution in [0.2, 0.25) is 0 Å². The number of hydrogen-bond donors (Lipinski definition) is 1. The van der Waals surface area contributed by atoms with Crippen LogP contribution in [0.1, 0.15) is 13.8 Å². The van der Waals surface area contributed by atoms with E-state index >= 15 is 0 Å². The first-order valence-corrected chi connectivity index (χ1v) is 8.35. The molecule has 7 heteroatoms. The number of hydrogen-bond acceptors (Lipinski definition) is 5. The zero-order valence-electron chi connectivity index (χ0n) is 12.8. The molecule has 1 atom stereocenters. The molecule has 6 nitrogen and oxygen atoms in total. The lowest BCUT2D eigenvalue weighted by Crippen LogP contribution is -2.40. The van der Waals surface area contributed by atoms with Gasteiger partial charge in [0.05, 0.1) is 11.5 Å². The van der Waals surface area contributed by atoms with Crippen LogP contribution < -0.4 is 10.5 Å². The van der Waals surface area contributed by atoms with Gasteiger partial charge in [0.1, 0.15) is 12.4 Å². The summed E-state index contributed by atoms with van der Waals surface area (Å²) in [5.41, 5.74) is 5.36. The monoisotopic (exact) mass is 316 g/mol. The fraction of sp³-hybridized carbons (Fsp3) is 0.571. The molecule has 0 saturated carbocycles. The highest BCUT2D eigenvalue weighted by Crippen LogP contribution is 2.21. The lowest BCUT2D eigenvalue weighted by Gasteiger charge is -2.26. The molecule has 0 aliphatic heterocycles. The number of ether oxygens (including phenoxy) is 2. The van der Waals surface area contributed by atoms with Crippen LogP contribution in [0, 0.1) is 0 Å². The van der Waals surface area contributed by atoms with Gasteiger partial charge >= 0.3 is 0 Å². The van der Waals surface area contributed by atoms with E-state index in [-0.39, 0.29) is 10.9 Å². The van der Waals surface area contributed by atoms with Gasteiger partial charge in [-0.15, -0.1) is 0 Å². The molecule has 0 bridgehead atoms. The van der Waals surface area contributed by atoms with Gasteiger partial charge in [-0.2, -0.15) is 4.31 Å². The van der Waals surface area contributed by atoms with Crippen LogP contribution >= 0.6 is 0 Å². The Bertz CT molecular complexity index is 516. The van der Waals surface area contributed by atoms with Gasteiger partial charge in [-0.3, -0.25) is 0 Å². The molecule has 120 valence electrons. The summed E-state index contributed by atoms with van der Waals surface area (Å²) in [6.45, 7) is 5.19. The van der Waals surface area contributed by atoms with Crippen LogP contribution in [-0.2, 0) is 14.8 Å². The van der Waals surface area contributed by atoms with Crippen molar-refractivity contribution in [1.29, 1.82) is 0 Å². The van der Waals surface area contributed by atoms with E-state index in [1.54, 1.807) is 31.4 Å². The first-order chi connectivity index (χ1) is 9.97. The predicted molar refractivity (Wildman–Crippen MR) is 81.9 cm³/mol. The molecule has 0 radical (unpaired) electrons. The van der Waals surface area contributed by atoms with Gasteiger partial charge < -0.3 is 15.2 Å². The van der Waals surface area contributed by atoms with Gasteiger partial charge in [-0.25, -0.2) is 8.42 Å². The molecule has 1 aromatic carbocycles. The van der Waals surface area contributed by atoms with Gasteiger partial charge in [-0.1, -0.05) is 6.92 Å². The highest BCUT2D eigenvalue weighted by atomic mass is 32.2. The van der Waals surface area contributed by atoms with Crippen LogP contribution in [0.4, 0.5) is 0 Å². The Kier molecular flexibility index (Phi) is 7.10. The van der Waals surface area contributed by atoms with Crippen molar-refractivity contribution in [1.82, 2.24) is 4.31 Å². The Morgan fingerprint density at radius 2 is 1.90 bits per heavy atom. The van der Waals surface area contributed by atoms with Crippen molar-refractivity contribution in [3.63, 3.8) is 0 Å². The SMILES string of the molecule is CCN(C(C)COC)S(=O)(=O)c1ccc(OCCN)cc1. The molecule has 0 fully saturated rings. The molecular formula is C14H24N2O4S. The average Bonchev–Trinajstić information content (AvgIpc) is 2.46. The fourth-order valence-electron chi connectivity index (χ4n) is 2.06. The Hall–Kier alpha value is -1.15. The van der Waals surface area contributed by atoms with Crippen molar-refractivity contribution in [2.75, 3.05) is 33.4 Å². The second-order valence-corrected chi connectivity index (χ2v) is 6.51. The van der Waals surface area contributed by atoms with E-state index in [9.17, 15) is 8.42 Å². The maximum absolute atomic E-state index is 12.6. The van der Waals surface area contributed by atoms with Crippen molar-refractivity contribution < 1.29 is 17.9 Å². The molecule has 2 N–H and O–H groups in total. The van der Waals surface area contributed by atoms with Crippen molar-refractivity contribution in [3.8, 4) is 5.75 Å². The number of nitrogens with two attached hydrogens (primary N) is 1. The summed E-state index contributed by atoms with van der Waals surface area (Å²) in [4.78, 5) is 0.243. The van der Waals surface area contributed by atoms with Gasteiger partial charge in [0.2, 0.25) is 10.0 Å². The minimum absolute atomic E-state index is 0.224. The van der Waals surface area contributed by atoms with E-state index in [0.717, 1.165) is 0 Å². The Morgan fingerprint density at radius 1 is 1.29 bits per heavy atom. The standard InChI is InChI=1S/C14H24N2O4S/c1-4-16(12(2)11-19-3)21(17,18)14-7-5-13(6-8-14)20-10-9-15/h5-8,12H,4,9-11,15H2,1-3H3. The third-order valence-corrected chi connectivity index (χ3v) is 5.13. The second kappa shape index (κ2) is 8.33. The summed E-state index contributed by atoms with van der Waals surface area (Å²) in [6.07, 6.45) is 0. The van der Waals surface area contributed by atoms with Crippen LogP contribution in [0.15, 0.2) is 29.2 Å². The van der Waals surface area contributed by atoms with Crippen molar-refractivity contribution in [2.45, 2.75) is 24.8 Å². The summed E-state index contributed by atoms with van der Waals surface area (Å²) in [5, 5.41) is 0. The topological polar surface area (TPSA) is 81.9 Å². The van der Waals surface area contributed by atoms with Gasteiger partial charge in [0.15, 0.2) is 0 Å². The van der Waals surface area contributed by atoms with Gasteiger partial charge in [0.25, 0.3) is 0 Å². The molecule has 0 heterocycles. The fourth-order valence-corrected chi connectivity index (χ4v) is 3.69. The quantitative estimate of drug-likeness (QED) is 0.737. The minimum atomic E-state index is -3.54. The van der Waals surface area contributed by atoms with E-state index in [0.29, 0.717) is 32.1 Å². The first kappa shape index (κ1) is 17.9. The number of sulfonamides is 1. The minimum Gasteiger partial charge on any atom is -0.492 e. The molecule has 0 amide bonds. The zero-order chi connectivity index (χ0) is 15.9. The number of benzene rings is 1. The predicted octanol–water partition coefficient (Wildman–Crippen LogP) is 1.07. The van der Waals surface area contributed by atoms with Crippen LogP contribution in [-0.4, -0.2) is 52.2 Å². The normalized spacial score (nSPS) is 13.4. The Labute approximate surface area is 126 Å². The summed E-state index contributed by atoms with van der Waals surface area (Å²) >= 11 is 0. The molecule has 1 unspecified atom stereocenters. The highest BCUT2D eigenvalue weighted by Gasteiger charge is 2.27. The lowest BCUT2D eigenvalue weighted by molar-refractivity contribution is 0.142. The van der Waals surface area contributed by atoms with E-state index < -0.39 is 10.0 Å². The maximum Gasteiger partial charge on any atom is 0.243 e. The van der Waals surface area contributed by atoms with E-state index in [1.165, 1.54) is 4.31 Å². The molecular weight excluding hydrogens is 292 g/mol. The Balaban J connectivity index is 2.95. The third-order valence-electron chi connectivity index (χ3n) is 3.03. The molecule has 21 heavy (non-hydrogen) atoms. The van der Waals surface area contributed by atoms with Crippen LogP contribution in [0.25, 0.3) is 0 Å². The van der Waals surface area contributed by atoms with Crippen molar-refractivity contribution in [2.24, 2.45) is 5.73 Å². The van der Waals surface area contributed by atoms with Gasteiger partial charge in [-0.05, 0) is 31.2 Å². The molecule has 0 aromatic heterocycles. The molecule has 0 saturated heterocycles. The molecule has 0 aliphatic carbocycles. The smallest absolute Gasteiger partial charge is 0.243 e. The molecule has 0 aliphatic rings. The lowest BCUT2D eigenvalue weighted by atomic mass is 10.3. The molecule has 0 spiro atoms. The largest absolute Gasteiger partial charge is 0.492 e. The van der Waals surface area contributed by atoms with Crippen LogP contribution in [0.5, 0.6) is 5.75 Å². The summed E-state index contributed by atoms with van der Waals surface area (Å²) < 4.78 is 37.0. The Morgan fingerprint density at radius 3 is 2.38 bits per heavy atom. The van der Waals surface area contributed by atoms with Crippen molar-refractivity contribution in [3.05, 3.63) is 24.3 Å². The zero-order valence-corrected chi connectivity index (χ0v) is 13.6. The number of nitrogens with zero attached hydrogens (tertiary/aromatic N) is 1. The maximum atomic E-state index is 12.6. The molecule has 1 rings (SSSR count). The second-order valence-electron chi connectivity index (χ2n) is 4.62. The van der Waals surface area contributed by atoms with E-state index in [1.807, 2.05) is 13.8 Å². The highest BCUT2D eigenvalue weighted by molar-refractivity contribution is 7.89. The number of likely N-dealkylation sites (N-methyl/N-ethyl adjacent to an activating group) is 1.